The lowest BCUT2D eigenvalue weighted by atomic mass is 10.0. The van der Waals surface area contributed by atoms with Crippen molar-refractivity contribution in [3.8, 4) is 0 Å². The molecule has 20 heavy (non-hydrogen) atoms. The molecule has 1 aromatic rings. The van der Waals surface area contributed by atoms with Crippen LogP contribution >= 0.6 is 34.8 Å². The maximum atomic E-state index is 6.27. The lowest BCUT2D eigenvalue weighted by Gasteiger charge is -2.21. The summed E-state index contributed by atoms with van der Waals surface area (Å²) in [5.74, 6) is 0. The van der Waals surface area contributed by atoms with Crippen LogP contribution in [0.25, 0.3) is 0 Å². The Morgan fingerprint density at radius 3 is 2.55 bits per heavy atom. The van der Waals surface area contributed by atoms with Crippen LogP contribution in [0.3, 0.4) is 0 Å². The third-order valence-corrected chi connectivity index (χ3v) is 5.42. The predicted molar refractivity (Wildman–Crippen MR) is 86.0 cm³/mol. The van der Waals surface area contributed by atoms with Gasteiger partial charge in [0.05, 0.1) is 15.1 Å². The Bertz CT molecular complexity index is 474. The van der Waals surface area contributed by atoms with Crippen LogP contribution in [0.5, 0.6) is 0 Å². The molecule has 2 nitrogen and oxygen atoms in total. The molecule has 112 valence electrons. The summed E-state index contributed by atoms with van der Waals surface area (Å²) < 4.78 is 5.18. The van der Waals surface area contributed by atoms with Gasteiger partial charge in [0.25, 0.3) is 0 Å². The molecule has 1 unspecified atom stereocenters. The van der Waals surface area contributed by atoms with Crippen LogP contribution in [0.2, 0.25) is 15.1 Å². The highest BCUT2D eigenvalue weighted by Crippen LogP contribution is 2.48. The molecule has 0 spiro atoms. The van der Waals surface area contributed by atoms with Crippen LogP contribution in [-0.2, 0) is 4.74 Å². The molecule has 0 aromatic heterocycles. The lowest BCUT2D eigenvalue weighted by Crippen LogP contribution is -2.27. The van der Waals surface area contributed by atoms with Gasteiger partial charge in [-0.2, -0.15) is 0 Å². The fourth-order valence-electron chi connectivity index (χ4n) is 2.37. The summed E-state index contributed by atoms with van der Waals surface area (Å²) in [6.07, 6.45) is 3.65. The normalized spacial score (nSPS) is 18.1. The van der Waals surface area contributed by atoms with Crippen molar-refractivity contribution in [2.45, 2.75) is 32.2 Å². The van der Waals surface area contributed by atoms with Gasteiger partial charge in [-0.3, -0.25) is 0 Å². The third-order valence-electron chi connectivity index (χ3n) is 4.11. The zero-order valence-electron chi connectivity index (χ0n) is 11.8. The van der Waals surface area contributed by atoms with Crippen LogP contribution < -0.4 is 5.32 Å². The number of hydrogen-bond acceptors (Lipinski definition) is 2. The smallest absolute Gasteiger partial charge is 0.0781 e. The molecule has 0 heterocycles. The van der Waals surface area contributed by atoms with Crippen LogP contribution in [0.1, 0.15) is 37.8 Å². The first-order chi connectivity index (χ1) is 9.49. The summed E-state index contributed by atoms with van der Waals surface area (Å²) in [5.41, 5.74) is 1.40. The Labute approximate surface area is 135 Å². The fourth-order valence-corrected chi connectivity index (χ4v) is 3.07. The van der Waals surface area contributed by atoms with Crippen LogP contribution in [-0.4, -0.2) is 20.3 Å². The Morgan fingerprint density at radius 1 is 1.25 bits per heavy atom. The van der Waals surface area contributed by atoms with E-state index in [0.29, 0.717) is 20.5 Å². The number of rotatable bonds is 7. The molecule has 0 amide bonds. The largest absolute Gasteiger partial charge is 0.385 e. The molecule has 1 aromatic carbocycles. The molecule has 5 heteroatoms. The molecular formula is C15H20Cl3NO. The number of ether oxygens (including phenoxy) is 1. The van der Waals surface area contributed by atoms with E-state index in [0.717, 1.165) is 25.1 Å². The second-order valence-corrected chi connectivity index (χ2v) is 6.77. The summed E-state index contributed by atoms with van der Waals surface area (Å²) in [6, 6.07) is 3.88. The fraction of sp³-hybridized carbons (Fsp3) is 0.600. The van der Waals surface area contributed by atoms with E-state index in [-0.39, 0.29) is 6.04 Å². The molecule has 1 aliphatic rings. The molecule has 1 saturated carbocycles. The molecule has 0 aliphatic heterocycles. The molecule has 1 fully saturated rings. The van der Waals surface area contributed by atoms with Crippen molar-refractivity contribution in [2.24, 2.45) is 5.41 Å². The average Bonchev–Trinajstić information content (AvgIpc) is 3.21. The monoisotopic (exact) mass is 335 g/mol. The second kappa shape index (κ2) is 6.85. The molecule has 1 aliphatic carbocycles. The minimum atomic E-state index is 0.150. The highest BCUT2D eigenvalue weighted by Gasteiger charge is 2.41. The van der Waals surface area contributed by atoms with Crippen molar-refractivity contribution in [1.82, 2.24) is 5.32 Å². The first kappa shape index (κ1) is 16.4. The van der Waals surface area contributed by atoms with Crippen LogP contribution in [0.15, 0.2) is 12.1 Å². The van der Waals surface area contributed by atoms with Crippen LogP contribution in [0, 0.1) is 5.41 Å². The second-order valence-electron chi connectivity index (χ2n) is 5.61. The summed E-state index contributed by atoms with van der Waals surface area (Å²) in [7, 11) is 1.75. The SMILES string of the molecule is COCCC1(CNC(C)c2ccc(Cl)c(Cl)c2Cl)CC1. The van der Waals surface area contributed by atoms with E-state index in [4.69, 9.17) is 39.5 Å². The molecular weight excluding hydrogens is 317 g/mol. The quantitative estimate of drug-likeness (QED) is 0.698. The summed E-state index contributed by atoms with van der Waals surface area (Å²) in [6.45, 7) is 3.90. The van der Waals surface area contributed by atoms with E-state index in [1.165, 1.54) is 12.8 Å². The number of halogens is 3. The lowest BCUT2D eigenvalue weighted by molar-refractivity contribution is 0.170. The van der Waals surface area contributed by atoms with Gasteiger partial charge < -0.3 is 10.1 Å². The maximum Gasteiger partial charge on any atom is 0.0781 e. The predicted octanol–water partition coefficient (Wildman–Crippen LogP) is 5.11. The minimum absolute atomic E-state index is 0.150. The zero-order chi connectivity index (χ0) is 14.8. The Kier molecular flexibility index (Phi) is 5.61. The topological polar surface area (TPSA) is 21.3 Å². The van der Waals surface area contributed by atoms with Crippen molar-refractivity contribution in [1.29, 1.82) is 0 Å². The van der Waals surface area contributed by atoms with Gasteiger partial charge in [-0.15, -0.1) is 0 Å². The highest BCUT2D eigenvalue weighted by molar-refractivity contribution is 6.48. The van der Waals surface area contributed by atoms with Gasteiger partial charge in [0.15, 0.2) is 0 Å². The maximum absolute atomic E-state index is 6.27. The van der Waals surface area contributed by atoms with Gasteiger partial charge in [0.1, 0.15) is 0 Å². The van der Waals surface area contributed by atoms with Gasteiger partial charge in [0, 0.05) is 26.3 Å². The van der Waals surface area contributed by atoms with E-state index in [2.05, 4.69) is 12.2 Å². The Hall–Kier alpha value is 0.01000. The number of hydrogen-bond donors (Lipinski definition) is 1. The van der Waals surface area contributed by atoms with E-state index in [1.807, 2.05) is 6.07 Å². The summed E-state index contributed by atoms with van der Waals surface area (Å²) >= 11 is 18.3. The van der Waals surface area contributed by atoms with Gasteiger partial charge in [0.2, 0.25) is 0 Å². The van der Waals surface area contributed by atoms with Crippen molar-refractivity contribution in [2.75, 3.05) is 20.3 Å². The van der Waals surface area contributed by atoms with Crippen molar-refractivity contribution >= 4 is 34.8 Å². The highest BCUT2D eigenvalue weighted by atomic mass is 35.5. The number of benzene rings is 1. The van der Waals surface area contributed by atoms with Crippen molar-refractivity contribution in [3.05, 3.63) is 32.8 Å². The Morgan fingerprint density at radius 2 is 1.95 bits per heavy atom. The number of methoxy groups -OCH3 is 1. The summed E-state index contributed by atoms with van der Waals surface area (Å²) in [5, 5.41) is 5.02. The van der Waals surface area contributed by atoms with Gasteiger partial charge >= 0.3 is 0 Å². The summed E-state index contributed by atoms with van der Waals surface area (Å²) in [4.78, 5) is 0. The molecule has 0 radical (unpaired) electrons. The first-order valence-electron chi connectivity index (χ1n) is 6.85. The van der Waals surface area contributed by atoms with Crippen molar-refractivity contribution in [3.63, 3.8) is 0 Å². The molecule has 0 saturated heterocycles. The molecule has 1 N–H and O–H groups in total. The molecule has 1 atom stereocenters. The zero-order valence-corrected chi connectivity index (χ0v) is 14.1. The minimum Gasteiger partial charge on any atom is -0.385 e. The third kappa shape index (κ3) is 3.80. The van der Waals surface area contributed by atoms with Gasteiger partial charge in [-0.1, -0.05) is 40.9 Å². The van der Waals surface area contributed by atoms with E-state index in [9.17, 15) is 0 Å². The molecule has 0 bridgehead atoms. The Balaban J connectivity index is 1.96. The molecule has 2 rings (SSSR count). The standard InChI is InChI=1S/C15H20Cl3NO/c1-10(11-3-4-12(16)14(18)13(11)17)19-9-15(5-6-15)7-8-20-2/h3-4,10,19H,5-9H2,1-2H3. The van der Waals surface area contributed by atoms with E-state index < -0.39 is 0 Å². The van der Waals surface area contributed by atoms with Gasteiger partial charge in [-0.25, -0.2) is 0 Å². The van der Waals surface area contributed by atoms with Crippen molar-refractivity contribution < 1.29 is 4.74 Å². The first-order valence-corrected chi connectivity index (χ1v) is 7.98. The van der Waals surface area contributed by atoms with E-state index in [1.54, 1.807) is 13.2 Å². The van der Waals surface area contributed by atoms with E-state index >= 15 is 0 Å². The average molecular weight is 337 g/mol. The van der Waals surface area contributed by atoms with Crippen LogP contribution in [0.4, 0.5) is 0 Å². The number of nitrogens with one attached hydrogen (secondary N) is 1. The van der Waals surface area contributed by atoms with Gasteiger partial charge in [-0.05, 0) is 43.2 Å².